The van der Waals surface area contributed by atoms with E-state index in [0.29, 0.717) is 6.42 Å². The maximum absolute atomic E-state index is 10.4. The molecule has 0 aromatic rings. The van der Waals surface area contributed by atoms with Gasteiger partial charge in [0.05, 0.1) is 0 Å². The van der Waals surface area contributed by atoms with Crippen LogP contribution in [0.5, 0.6) is 0 Å². The number of halogens is 1. The van der Waals surface area contributed by atoms with Crippen LogP contribution in [0.2, 0.25) is 0 Å². The summed E-state index contributed by atoms with van der Waals surface area (Å²) in [4.78, 5) is 10.4. The van der Waals surface area contributed by atoms with Gasteiger partial charge in [-0.15, -0.1) is 0 Å². The first-order valence-corrected chi connectivity index (χ1v) is 4.05. The van der Waals surface area contributed by atoms with Gasteiger partial charge in [0, 0.05) is 0 Å². The van der Waals surface area contributed by atoms with Gasteiger partial charge in [-0.05, 0) is 0 Å². The van der Waals surface area contributed by atoms with E-state index in [1.165, 1.54) is 0 Å². The van der Waals surface area contributed by atoms with E-state index in [4.69, 9.17) is 3.07 Å². The molecule has 0 bridgehead atoms. The van der Waals surface area contributed by atoms with Gasteiger partial charge in [-0.1, -0.05) is 0 Å². The fourth-order valence-corrected chi connectivity index (χ4v) is 1.43. The van der Waals surface area contributed by atoms with Crippen molar-refractivity contribution in [2.24, 2.45) is 0 Å². The van der Waals surface area contributed by atoms with Crippen LogP contribution in [0.3, 0.4) is 0 Å². The molecule has 0 aromatic heterocycles. The molecule has 1 fully saturated rings. The van der Waals surface area contributed by atoms with Crippen LogP contribution >= 0.6 is 0 Å². The van der Waals surface area contributed by atoms with E-state index in [1.54, 1.807) is 0 Å². The first kappa shape index (κ1) is 6.28. The third kappa shape index (κ3) is 1.59. The van der Waals surface area contributed by atoms with E-state index in [9.17, 15) is 4.79 Å². The molecule has 1 rings (SSSR count). The van der Waals surface area contributed by atoms with E-state index in [1.807, 2.05) is 6.92 Å². The summed E-state index contributed by atoms with van der Waals surface area (Å²) in [5.74, 6) is -0.114. The van der Waals surface area contributed by atoms with E-state index in [2.05, 4.69) is 3.07 Å². The second kappa shape index (κ2) is 2.63. The summed E-state index contributed by atoms with van der Waals surface area (Å²) < 4.78 is 9.61. The minimum absolute atomic E-state index is 0.0871. The van der Waals surface area contributed by atoms with Crippen molar-refractivity contribution in [3.63, 3.8) is 0 Å². The zero-order chi connectivity index (χ0) is 5.98. The Labute approximate surface area is 58.7 Å². The molecule has 0 amide bonds. The van der Waals surface area contributed by atoms with Crippen LogP contribution in [-0.2, 0) is 10.9 Å². The molecule has 1 saturated heterocycles. The molecule has 4 heteroatoms. The van der Waals surface area contributed by atoms with Gasteiger partial charge in [0.25, 0.3) is 0 Å². The molecule has 0 aromatic carbocycles. The van der Waals surface area contributed by atoms with E-state index in [-0.39, 0.29) is 12.1 Å². The molecular formula is C4H6IO3-. The Morgan fingerprint density at radius 2 is 2.62 bits per heavy atom. The zero-order valence-corrected chi connectivity index (χ0v) is 6.54. The predicted octanol–water partition coefficient (Wildman–Crippen LogP) is -2.74. The van der Waals surface area contributed by atoms with Gasteiger partial charge in [-0.2, -0.15) is 0 Å². The van der Waals surface area contributed by atoms with Crippen LogP contribution in [0.1, 0.15) is 13.3 Å². The van der Waals surface area contributed by atoms with Crippen molar-refractivity contribution in [1.82, 2.24) is 0 Å². The van der Waals surface area contributed by atoms with Crippen molar-refractivity contribution in [2.75, 3.05) is 0 Å². The standard InChI is InChI=1S/C4H6IO3/c1-3-2-4(6)8-5-7-3/h3H,2H2,1H3/q-1/t3-/m0/s1. The second-order valence-corrected chi connectivity index (χ2v) is 2.92. The molecule has 0 radical (unpaired) electrons. The van der Waals surface area contributed by atoms with Crippen LogP contribution in [0.15, 0.2) is 0 Å². The number of hydrogen-bond acceptors (Lipinski definition) is 3. The SMILES string of the molecule is C[C@H]1CC(=O)O[I-]O1. The van der Waals surface area contributed by atoms with Gasteiger partial charge in [-0.25, -0.2) is 0 Å². The Morgan fingerprint density at radius 3 is 3.00 bits per heavy atom. The van der Waals surface area contributed by atoms with Crippen LogP contribution in [-0.4, -0.2) is 12.1 Å². The van der Waals surface area contributed by atoms with E-state index < -0.39 is 22.0 Å². The molecule has 8 heavy (non-hydrogen) atoms. The minimum atomic E-state index is -0.715. The molecule has 0 aliphatic carbocycles. The van der Waals surface area contributed by atoms with Gasteiger partial charge in [0.2, 0.25) is 0 Å². The molecule has 1 atom stereocenters. The fourth-order valence-electron chi connectivity index (χ4n) is 0.413. The summed E-state index contributed by atoms with van der Waals surface area (Å²) in [5.41, 5.74) is 0. The van der Waals surface area contributed by atoms with Gasteiger partial charge in [0.1, 0.15) is 0 Å². The van der Waals surface area contributed by atoms with Crippen molar-refractivity contribution in [2.45, 2.75) is 19.4 Å². The third-order valence-electron chi connectivity index (χ3n) is 0.760. The molecular weight excluding hydrogens is 223 g/mol. The quantitative estimate of drug-likeness (QED) is 0.423. The summed E-state index contributed by atoms with van der Waals surface area (Å²) in [6, 6.07) is 0. The average Bonchev–Trinajstić information content (AvgIpc) is 1.64. The first-order chi connectivity index (χ1) is 3.79. The summed E-state index contributed by atoms with van der Waals surface area (Å²) >= 11 is -0.715. The fraction of sp³-hybridized carbons (Fsp3) is 0.750. The average molecular weight is 229 g/mol. The van der Waals surface area contributed by atoms with Crippen molar-refractivity contribution in [3.8, 4) is 0 Å². The van der Waals surface area contributed by atoms with Crippen LogP contribution < -0.4 is 22.0 Å². The summed E-state index contributed by atoms with van der Waals surface area (Å²) in [7, 11) is 0. The van der Waals surface area contributed by atoms with Crippen molar-refractivity contribution in [3.05, 3.63) is 0 Å². The van der Waals surface area contributed by atoms with Crippen molar-refractivity contribution < 1.29 is 33.0 Å². The topological polar surface area (TPSA) is 35.5 Å². The van der Waals surface area contributed by atoms with Gasteiger partial charge < -0.3 is 0 Å². The second-order valence-electron chi connectivity index (χ2n) is 1.62. The molecule has 3 nitrogen and oxygen atoms in total. The summed E-state index contributed by atoms with van der Waals surface area (Å²) in [6.07, 6.45) is 0.503. The van der Waals surface area contributed by atoms with Crippen molar-refractivity contribution in [1.29, 1.82) is 0 Å². The van der Waals surface area contributed by atoms with Gasteiger partial charge in [0.15, 0.2) is 0 Å². The van der Waals surface area contributed by atoms with E-state index >= 15 is 0 Å². The molecule has 0 unspecified atom stereocenters. The van der Waals surface area contributed by atoms with Gasteiger partial charge in [-0.3, -0.25) is 0 Å². The molecule has 0 saturated carbocycles. The Balaban J connectivity index is 2.34. The maximum atomic E-state index is 10.4. The molecule has 0 spiro atoms. The Kier molecular flexibility index (Phi) is 2.07. The number of carbonyl (C=O) groups excluding carboxylic acids is 1. The molecule has 1 aliphatic heterocycles. The van der Waals surface area contributed by atoms with Crippen LogP contribution in [0, 0.1) is 0 Å². The normalized spacial score (nSPS) is 30.6. The van der Waals surface area contributed by atoms with E-state index in [0.717, 1.165) is 0 Å². The van der Waals surface area contributed by atoms with Gasteiger partial charge >= 0.3 is 58.4 Å². The Morgan fingerprint density at radius 1 is 1.88 bits per heavy atom. The Bertz CT molecular complexity index is 103. The molecule has 0 N–H and O–H groups in total. The number of hydrogen-bond donors (Lipinski definition) is 0. The number of carbonyl (C=O) groups is 1. The third-order valence-corrected chi connectivity index (χ3v) is 2.51. The zero-order valence-electron chi connectivity index (χ0n) is 4.39. The van der Waals surface area contributed by atoms with Crippen LogP contribution in [0.25, 0.3) is 0 Å². The molecule has 1 aliphatic rings. The molecule has 1 heterocycles. The number of rotatable bonds is 0. The van der Waals surface area contributed by atoms with Crippen LogP contribution in [0.4, 0.5) is 0 Å². The molecule has 48 valence electrons. The summed E-state index contributed by atoms with van der Waals surface area (Å²) in [5, 5.41) is 0. The predicted molar refractivity (Wildman–Crippen MR) is 21.3 cm³/mol. The van der Waals surface area contributed by atoms with Crippen molar-refractivity contribution >= 4 is 5.97 Å². The monoisotopic (exact) mass is 229 g/mol. The summed E-state index contributed by atoms with van der Waals surface area (Å²) in [6.45, 7) is 1.88. The first-order valence-electron chi connectivity index (χ1n) is 2.29. The Hall–Kier alpha value is 0.160.